The molecule has 0 radical (unpaired) electrons. The molecule has 2 rings (SSSR count). The molecule has 9 heteroatoms. The van der Waals surface area contributed by atoms with E-state index in [4.69, 9.17) is 9.47 Å². The molecule has 0 aliphatic carbocycles. The number of nitrogens with zero attached hydrogens (tertiary/aromatic N) is 1. The zero-order valence-corrected chi connectivity index (χ0v) is 13.0. The van der Waals surface area contributed by atoms with E-state index in [0.717, 1.165) is 4.57 Å². The molecule has 1 aromatic heterocycles. The summed E-state index contributed by atoms with van der Waals surface area (Å²) in [6.07, 6.45) is -1.30. The summed E-state index contributed by atoms with van der Waals surface area (Å²) in [5.41, 5.74) is -3.37. The minimum atomic E-state index is -1.27. The van der Waals surface area contributed by atoms with Gasteiger partial charge in [-0.2, -0.15) is 4.39 Å². The summed E-state index contributed by atoms with van der Waals surface area (Å²) in [5, 5.41) is 0. The van der Waals surface area contributed by atoms with E-state index in [9.17, 15) is 23.2 Å². The van der Waals surface area contributed by atoms with E-state index >= 15 is 0 Å². The van der Waals surface area contributed by atoms with Gasteiger partial charge in [-0.3, -0.25) is 19.1 Å². The fourth-order valence-electron chi connectivity index (χ4n) is 2.83. The first-order valence-electron chi connectivity index (χ1n) is 7.17. The first kappa shape index (κ1) is 17.3. The summed E-state index contributed by atoms with van der Waals surface area (Å²) in [6, 6.07) is 0. The molecule has 0 aromatic carbocycles. The number of H-pyrrole nitrogens is 1. The van der Waals surface area contributed by atoms with Crippen molar-refractivity contribution in [1.29, 1.82) is 0 Å². The van der Waals surface area contributed by atoms with Crippen molar-refractivity contribution in [2.75, 3.05) is 6.67 Å². The number of aromatic nitrogens is 2. The topological polar surface area (TPSA) is 90.4 Å². The lowest BCUT2D eigenvalue weighted by Crippen LogP contribution is -2.39. The second-order valence-corrected chi connectivity index (χ2v) is 5.57. The first-order valence-corrected chi connectivity index (χ1v) is 7.17. The van der Waals surface area contributed by atoms with Crippen molar-refractivity contribution in [3.05, 3.63) is 32.9 Å². The predicted molar refractivity (Wildman–Crippen MR) is 75.1 cm³/mol. The van der Waals surface area contributed by atoms with Crippen LogP contribution >= 0.6 is 0 Å². The number of alkyl halides is 1. The van der Waals surface area contributed by atoms with E-state index in [2.05, 4.69) is 0 Å². The van der Waals surface area contributed by atoms with Gasteiger partial charge in [-0.05, 0) is 6.42 Å². The molecule has 0 amide bonds. The number of carbonyl (C=O) groups is 1. The lowest BCUT2D eigenvalue weighted by molar-refractivity contribution is -0.155. The molecule has 0 saturated carbocycles. The Hall–Kier alpha value is -2.03. The van der Waals surface area contributed by atoms with E-state index in [1.165, 1.54) is 6.92 Å². The van der Waals surface area contributed by atoms with Crippen molar-refractivity contribution in [3.8, 4) is 0 Å². The Morgan fingerprint density at radius 2 is 2.17 bits per heavy atom. The largest absolute Gasteiger partial charge is 0.457 e. The van der Waals surface area contributed by atoms with Crippen molar-refractivity contribution < 1.29 is 23.0 Å². The maximum absolute atomic E-state index is 13.6. The van der Waals surface area contributed by atoms with Crippen LogP contribution in [0, 0.1) is 11.7 Å². The molecule has 23 heavy (non-hydrogen) atoms. The van der Waals surface area contributed by atoms with Crippen LogP contribution < -0.4 is 11.2 Å². The number of carbonyl (C=O) groups excluding carboxylic acids is 1. The van der Waals surface area contributed by atoms with Crippen LogP contribution in [0.2, 0.25) is 0 Å². The Balaban J connectivity index is 2.54. The van der Waals surface area contributed by atoms with E-state index in [0.29, 0.717) is 6.20 Å². The fraction of sp³-hybridized carbons (Fsp3) is 0.643. The lowest BCUT2D eigenvalue weighted by atomic mass is 9.86. The van der Waals surface area contributed by atoms with Gasteiger partial charge in [0, 0.05) is 12.8 Å². The van der Waals surface area contributed by atoms with E-state index in [1.54, 1.807) is 18.8 Å². The number of halogens is 2. The fourth-order valence-corrected chi connectivity index (χ4v) is 2.83. The third-order valence-electron chi connectivity index (χ3n) is 4.28. The van der Waals surface area contributed by atoms with Crippen LogP contribution in [-0.2, 0) is 14.3 Å². The molecule has 0 unspecified atom stereocenters. The highest BCUT2D eigenvalue weighted by Gasteiger charge is 2.54. The second-order valence-electron chi connectivity index (χ2n) is 5.57. The highest BCUT2D eigenvalue weighted by molar-refractivity contribution is 5.66. The van der Waals surface area contributed by atoms with Gasteiger partial charge in [-0.25, -0.2) is 9.18 Å². The van der Waals surface area contributed by atoms with Crippen LogP contribution in [0.1, 0.15) is 33.4 Å². The van der Waals surface area contributed by atoms with Crippen LogP contribution in [0.15, 0.2) is 15.8 Å². The average Bonchev–Trinajstić information content (AvgIpc) is 2.76. The zero-order chi connectivity index (χ0) is 17.4. The summed E-state index contributed by atoms with van der Waals surface area (Å²) in [5.74, 6) is -2.41. The van der Waals surface area contributed by atoms with Gasteiger partial charge in [0.2, 0.25) is 5.82 Å². The third kappa shape index (κ3) is 2.92. The van der Waals surface area contributed by atoms with Gasteiger partial charge in [0.15, 0.2) is 12.3 Å². The number of hydrogen-bond acceptors (Lipinski definition) is 5. The molecule has 2 heterocycles. The first-order chi connectivity index (χ1) is 10.8. The molecule has 1 aromatic rings. The molecule has 1 N–H and O–H groups in total. The van der Waals surface area contributed by atoms with Crippen LogP contribution in [0.4, 0.5) is 8.78 Å². The SMILES string of the molecule is CC[C@@]1(CF)O[C@@H](n2cc(F)c(=O)[nH]c2=O)[C@H](OC(C)=O)[C@@H]1C. The Morgan fingerprint density at radius 3 is 2.70 bits per heavy atom. The smallest absolute Gasteiger partial charge is 0.330 e. The van der Waals surface area contributed by atoms with Crippen LogP contribution in [0.5, 0.6) is 0 Å². The molecular weight excluding hydrogens is 314 g/mol. The molecule has 4 atom stereocenters. The molecule has 128 valence electrons. The van der Waals surface area contributed by atoms with Gasteiger partial charge in [0.05, 0.1) is 6.20 Å². The standard InChI is InChI=1S/C14H18F2N2O5/c1-4-14(6-15)7(2)10(22-8(3)19)12(23-14)18-5-9(16)11(20)17-13(18)21/h5,7,10,12H,4,6H2,1-3H3,(H,17,20,21)/t7-,10+,12+,14-/m0/s1. The summed E-state index contributed by atoms with van der Waals surface area (Å²) >= 11 is 0. The van der Waals surface area contributed by atoms with E-state index < -0.39 is 53.6 Å². The highest BCUT2D eigenvalue weighted by Crippen LogP contribution is 2.44. The zero-order valence-electron chi connectivity index (χ0n) is 13.0. The maximum Gasteiger partial charge on any atom is 0.330 e. The van der Waals surface area contributed by atoms with Crippen molar-refractivity contribution in [1.82, 2.24) is 9.55 Å². The van der Waals surface area contributed by atoms with Crippen LogP contribution in [0.25, 0.3) is 0 Å². The van der Waals surface area contributed by atoms with E-state index in [-0.39, 0.29) is 6.42 Å². The molecule has 1 aliphatic heterocycles. The number of ether oxygens (including phenoxy) is 2. The van der Waals surface area contributed by atoms with Gasteiger partial charge < -0.3 is 9.47 Å². The summed E-state index contributed by atoms with van der Waals surface area (Å²) < 4.78 is 38.7. The molecule has 1 aliphatic rings. The number of rotatable bonds is 4. The molecule has 1 saturated heterocycles. The summed E-state index contributed by atoms with van der Waals surface area (Å²) in [4.78, 5) is 36.2. The van der Waals surface area contributed by atoms with Crippen molar-refractivity contribution in [3.63, 3.8) is 0 Å². The lowest BCUT2D eigenvalue weighted by Gasteiger charge is -2.28. The average molecular weight is 332 g/mol. The van der Waals surface area contributed by atoms with Gasteiger partial charge in [-0.15, -0.1) is 0 Å². The predicted octanol–water partition coefficient (Wildman–Crippen LogP) is 0.891. The van der Waals surface area contributed by atoms with E-state index in [1.807, 2.05) is 0 Å². The van der Waals surface area contributed by atoms with Gasteiger partial charge in [-0.1, -0.05) is 13.8 Å². The minimum Gasteiger partial charge on any atom is -0.457 e. The van der Waals surface area contributed by atoms with Crippen molar-refractivity contribution in [2.24, 2.45) is 5.92 Å². The number of aromatic amines is 1. The van der Waals surface area contributed by atoms with Crippen LogP contribution in [-0.4, -0.2) is 33.9 Å². The van der Waals surface area contributed by atoms with Gasteiger partial charge in [0.25, 0.3) is 5.56 Å². The van der Waals surface area contributed by atoms with Crippen molar-refractivity contribution >= 4 is 5.97 Å². The number of hydrogen-bond donors (Lipinski definition) is 1. The van der Waals surface area contributed by atoms with Crippen molar-refractivity contribution in [2.45, 2.75) is 45.1 Å². The Morgan fingerprint density at radius 1 is 1.52 bits per heavy atom. The molecular formula is C14H18F2N2O5. The Labute approximate surface area is 130 Å². The quantitative estimate of drug-likeness (QED) is 0.827. The third-order valence-corrected chi connectivity index (χ3v) is 4.28. The summed E-state index contributed by atoms with van der Waals surface area (Å²) in [6.45, 7) is 3.63. The monoisotopic (exact) mass is 332 g/mol. The van der Waals surface area contributed by atoms with Crippen LogP contribution in [0.3, 0.4) is 0 Å². The maximum atomic E-state index is 13.6. The Bertz CT molecular complexity index is 710. The molecule has 0 spiro atoms. The normalized spacial score (nSPS) is 30.4. The number of esters is 1. The Kier molecular flexibility index (Phi) is 4.69. The minimum absolute atomic E-state index is 0.263. The molecule has 1 fully saturated rings. The highest BCUT2D eigenvalue weighted by atomic mass is 19.1. The molecule has 0 bridgehead atoms. The second kappa shape index (κ2) is 6.23. The van der Waals surface area contributed by atoms with Gasteiger partial charge >= 0.3 is 11.7 Å². The summed E-state index contributed by atoms with van der Waals surface area (Å²) in [7, 11) is 0. The molecule has 7 nitrogen and oxygen atoms in total. The van der Waals surface area contributed by atoms with Gasteiger partial charge in [0.1, 0.15) is 12.3 Å². The number of nitrogens with one attached hydrogen (secondary N) is 1.